The monoisotopic (exact) mass is 171 g/mol. The second kappa shape index (κ2) is 4.45. The molecule has 1 aliphatic carbocycles. The predicted octanol–water partition coefficient (Wildman–Crippen LogP) is 1.07. The van der Waals surface area contributed by atoms with Crippen molar-refractivity contribution in [1.82, 2.24) is 0 Å². The number of carbonyl (C=O) groups is 1. The van der Waals surface area contributed by atoms with E-state index < -0.39 is 0 Å². The summed E-state index contributed by atoms with van der Waals surface area (Å²) in [6.07, 6.45) is 3.87. The second-order valence-electron chi connectivity index (χ2n) is 3.38. The molecule has 0 bridgehead atoms. The molecule has 0 heterocycles. The average molecular weight is 171 g/mol. The highest BCUT2D eigenvalue weighted by Gasteiger charge is 2.25. The van der Waals surface area contributed by atoms with Gasteiger partial charge in [0, 0.05) is 6.04 Å². The zero-order valence-corrected chi connectivity index (χ0v) is 7.58. The Balaban J connectivity index is 2.35. The Hall–Kier alpha value is -0.570. The predicted molar refractivity (Wildman–Crippen MR) is 46.6 cm³/mol. The van der Waals surface area contributed by atoms with Crippen molar-refractivity contribution in [3.63, 3.8) is 0 Å². The van der Waals surface area contributed by atoms with Gasteiger partial charge < -0.3 is 10.5 Å². The Labute approximate surface area is 73.3 Å². The molecule has 0 aromatic rings. The summed E-state index contributed by atoms with van der Waals surface area (Å²) in [7, 11) is 0. The average Bonchev–Trinajstić information content (AvgIpc) is 2.05. The fraction of sp³-hybridized carbons (Fsp3) is 0.889. The van der Waals surface area contributed by atoms with Gasteiger partial charge in [-0.2, -0.15) is 0 Å². The van der Waals surface area contributed by atoms with Gasteiger partial charge in [0.05, 0.1) is 12.5 Å². The summed E-state index contributed by atoms with van der Waals surface area (Å²) in [4.78, 5) is 11.3. The molecule has 1 rings (SSSR count). The molecule has 3 heteroatoms. The number of carbonyl (C=O) groups excluding carboxylic acids is 1. The third-order valence-electron chi connectivity index (χ3n) is 2.33. The van der Waals surface area contributed by atoms with Crippen molar-refractivity contribution in [3.8, 4) is 0 Å². The van der Waals surface area contributed by atoms with Crippen LogP contribution < -0.4 is 5.73 Å². The number of hydrogen-bond donors (Lipinski definition) is 1. The molecule has 0 radical (unpaired) electrons. The van der Waals surface area contributed by atoms with Gasteiger partial charge in [-0.1, -0.05) is 6.42 Å². The van der Waals surface area contributed by atoms with Crippen LogP contribution in [0.15, 0.2) is 0 Å². The smallest absolute Gasteiger partial charge is 0.308 e. The number of ether oxygens (including phenoxy) is 1. The topological polar surface area (TPSA) is 52.3 Å². The van der Waals surface area contributed by atoms with Crippen LogP contribution in [0, 0.1) is 5.92 Å². The molecule has 12 heavy (non-hydrogen) atoms. The van der Waals surface area contributed by atoms with Crippen molar-refractivity contribution in [3.05, 3.63) is 0 Å². The van der Waals surface area contributed by atoms with E-state index in [1.165, 1.54) is 0 Å². The molecule has 0 aliphatic heterocycles. The van der Waals surface area contributed by atoms with Crippen LogP contribution in [-0.2, 0) is 9.53 Å². The Bertz CT molecular complexity index is 159. The molecule has 3 nitrogen and oxygen atoms in total. The van der Waals surface area contributed by atoms with Crippen LogP contribution in [0.3, 0.4) is 0 Å². The molecule has 1 aliphatic rings. The highest BCUT2D eigenvalue weighted by Crippen LogP contribution is 2.23. The third kappa shape index (κ3) is 2.48. The standard InChI is InChI=1S/C9H17NO2/c1-2-12-9(11)7-4-3-5-8(10)6-7/h7-8H,2-6,10H2,1H3/t7-,8+/m0/s1. The lowest BCUT2D eigenvalue weighted by molar-refractivity contribution is -0.149. The van der Waals surface area contributed by atoms with E-state index in [1.54, 1.807) is 0 Å². The summed E-state index contributed by atoms with van der Waals surface area (Å²) in [5.41, 5.74) is 5.75. The van der Waals surface area contributed by atoms with E-state index in [4.69, 9.17) is 10.5 Å². The summed E-state index contributed by atoms with van der Waals surface area (Å²) >= 11 is 0. The highest BCUT2D eigenvalue weighted by molar-refractivity contribution is 5.72. The normalized spacial score (nSPS) is 29.8. The lowest BCUT2D eigenvalue weighted by Gasteiger charge is -2.24. The van der Waals surface area contributed by atoms with Gasteiger partial charge in [-0.25, -0.2) is 0 Å². The molecular weight excluding hydrogens is 154 g/mol. The zero-order chi connectivity index (χ0) is 8.97. The Morgan fingerprint density at radius 2 is 2.33 bits per heavy atom. The SMILES string of the molecule is CCOC(=O)[C@H]1CCC[C@@H](N)C1. The second-order valence-corrected chi connectivity index (χ2v) is 3.38. The van der Waals surface area contributed by atoms with Gasteiger partial charge in [0.25, 0.3) is 0 Å². The van der Waals surface area contributed by atoms with Gasteiger partial charge in [-0.3, -0.25) is 4.79 Å². The van der Waals surface area contributed by atoms with Crippen LogP contribution in [0.25, 0.3) is 0 Å². The van der Waals surface area contributed by atoms with Crippen molar-refractivity contribution in [2.75, 3.05) is 6.61 Å². The van der Waals surface area contributed by atoms with Gasteiger partial charge in [-0.15, -0.1) is 0 Å². The van der Waals surface area contributed by atoms with E-state index >= 15 is 0 Å². The quantitative estimate of drug-likeness (QED) is 0.632. The lowest BCUT2D eigenvalue weighted by Crippen LogP contribution is -2.32. The van der Waals surface area contributed by atoms with Gasteiger partial charge >= 0.3 is 5.97 Å². The van der Waals surface area contributed by atoms with E-state index in [9.17, 15) is 4.79 Å². The molecule has 0 aromatic heterocycles. The van der Waals surface area contributed by atoms with Crippen LogP contribution in [0.1, 0.15) is 32.6 Å². The molecule has 0 amide bonds. The van der Waals surface area contributed by atoms with Crippen molar-refractivity contribution in [1.29, 1.82) is 0 Å². The first-order valence-electron chi connectivity index (χ1n) is 4.66. The van der Waals surface area contributed by atoms with E-state index in [-0.39, 0.29) is 17.9 Å². The highest BCUT2D eigenvalue weighted by atomic mass is 16.5. The van der Waals surface area contributed by atoms with Crippen LogP contribution in [0.5, 0.6) is 0 Å². The van der Waals surface area contributed by atoms with E-state index in [2.05, 4.69) is 0 Å². The van der Waals surface area contributed by atoms with Gasteiger partial charge in [0.1, 0.15) is 0 Å². The lowest BCUT2D eigenvalue weighted by atomic mass is 9.86. The molecule has 0 spiro atoms. The van der Waals surface area contributed by atoms with Crippen LogP contribution in [0.2, 0.25) is 0 Å². The first kappa shape index (κ1) is 9.52. The van der Waals surface area contributed by atoms with Crippen molar-refractivity contribution >= 4 is 5.97 Å². The molecule has 1 saturated carbocycles. The number of esters is 1. The van der Waals surface area contributed by atoms with Crippen molar-refractivity contribution in [2.45, 2.75) is 38.6 Å². The van der Waals surface area contributed by atoms with Crippen molar-refractivity contribution < 1.29 is 9.53 Å². The Morgan fingerprint density at radius 3 is 2.92 bits per heavy atom. The zero-order valence-electron chi connectivity index (χ0n) is 7.58. The summed E-state index contributed by atoms with van der Waals surface area (Å²) in [6, 6.07) is 0.202. The maximum absolute atomic E-state index is 11.3. The number of nitrogens with two attached hydrogens (primary N) is 1. The van der Waals surface area contributed by atoms with E-state index in [0.717, 1.165) is 25.7 Å². The maximum Gasteiger partial charge on any atom is 0.308 e. The molecule has 2 atom stereocenters. The van der Waals surface area contributed by atoms with Gasteiger partial charge in [-0.05, 0) is 26.2 Å². The molecule has 2 N–H and O–H groups in total. The van der Waals surface area contributed by atoms with E-state index in [1.807, 2.05) is 6.92 Å². The Morgan fingerprint density at radius 1 is 1.58 bits per heavy atom. The molecule has 1 fully saturated rings. The minimum atomic E-state index is -0.0624. The third-order valence-corrected chi connectivity index (χ3v) is 2.33. The van der Waals surface area contributed by atoms with Gasteiger partial charge in [0.2, 0.25) is 0 Å². The Kier molecular flexibility index (Phi) is 3.53. The van der Waals surface area contributed by atoms with Crippen LogP contribution >= 0.6 is 0 Å². The molecular formula is C9H17NO2. The number of hydrogen-bond acceptors (Lipinski definition) is 3. The number of rotatable bonds is 2. The summed E-state index contributed by atoms with van der Waals surface area (Å²) in [5.74, 6) is 0.00125. The first-order chi connectivity index (χ1) is 5.74. The minimum absolute atomic E-state index is 0.0624. The summed E-state index contributed by atoms with van der Waals surface area (Å²) < 4.78 is 4.94. The molecule has 0 saturated heterocycles. The maximum atomic E-state index is 11.3. The fourth-order valence-electron chi connectivity index (χ4n) is 1.70. The first-order valence-corrected chi connectivity index (χ1v) is 4.66. The van der Waals surface area contributed by atoms with E-state index in [0.29, 0.717) is 6.61 Å². The van der Waals surface area contributed by atoms with Crippen molar-refractivity contribution in [2.24, 2.45) is 11.7 Å². The van der Waals surface area contributed by atoms with Crippen LogP contribution in [-0.4, -0.2) is 18.6 Å². The minimum Gasteiger partial charge on any atom is -0.466 e. The molecule has 70 valence electrons. The van der Waals surface area contributed by atoms with Gasteiger partial charge in [0.15, 0.2) is 0 Å². The largest absolute Gasteiger partial charge is 0.466 e. The summed E-state index contributed by atoms with van der Waals surface area (Å²) in [5, 5.41) is 0. The fourth-order valence-corrected chi connectivity index (χ4v) is 1.70. The summed E-state index contributed by atoms with van der Waals surface area (Å²) in [6.45, 7) is 2.31. The molecule has 0 unspecified atom stereocenters. The molecule has 0 aromatic carbocycles. The van der Waals surface area contributed by atoms with Crippen LogP contribution in [0.4, 0.5) is 0 Å².